The molecule has 34 heavy (non-hydrogen) atoms. The van der Waals surface area contributed by atoms with Gasteiger partial charge in [0.2, 0.25) is 5.89 Å². The molecule has 0 spiro atoms. The SMILES string of the molecule is CCOc1ccccc1NC(=O)N1CCC[C@@H]1c1nc2cc(-c3ccc(F)c(F)c3)ccc2o1. The topological polar surface area (TPSA) is 67.6 Å². The molecule has 0 aliphatic carbocycles. The van der Waals surface area contributed by atoms with Crippen molar-refractivity contribution in [2.45, 2.75) is 25.8 Å². The number of hydrogen-bond donors (Lipinski definition) is 1. The van der Waals surface area contributed by atoms with Gasteiger partial charge < -0.3 is 19.4 Å². The largest absolute Gasteiger partial charge is 0.492 e. The monoisotopic (exact) mass is 463 g/mol. The lowest BCUT2D eigenvalue weighted by molar-refractivity contribution is 0.198. The summed E-state index contributed by atoms with van der Waals surface area (Å²) in [5, 5.41) is 2.94. The van der Waals surface area contributed by atoms with Crippen molar-refractivity contribution in [3.63, 3.8) is 0 Å². The molecular formula is C26H23F2N3O3. The van der Waals surface area contributed by atoms with Crippen LogP contribution in [-0.4, -0.2) is 29.1 Å². The van der Waals surface area contributed by atoms with Gasteiger partial charge in [0.1, 0.15) is 17.3 Å². The molecule has 0 radical (unpaired) electrons. The molecule has 1 atom stereocenters. The number of likely N-dealkylation sites (tertiary alicyclic amines) is 1. The van der Waals surface area contributed by atoms with Gasteiger partial charge >= 0.3 is 6.03 Å². The maximum absolute atomic E-state index is 13.7. The number of amides is 2. The minimum absolute atomic E-state index is 0.251. The molecule has 1 fully saturated rings. The van der Waals surface area contributed by atoms with Crippen LogP contribution in [0.2, 0.25) is 0 Å². The lowest BCUT2D eigenvalue weighted by atomic mass is 10.1. The number of nitrogens with zero attached hydrogens (tertiary/aromatic N) is 2. The van der Waals surface area contributed by atoms with Crippen LogP contribution in [0.25, 0.3) is 22.2 Å². The number of anilines is 1. The first-order chi connectivity index (χ1) is 16.5. The van der Waals surface area contributed by atoms with Crippen molar-refractivity contribution in [2.75, 3.05) is 18.5 Å². The molecule has 1 aliphatic rings. The summed E-state index contributed by atoms with van der Waals surface area (Å²) in [6.07, 6.45) is 1.55. The fourth-order valence-corrected chi connectivity index (χ4v) is 4.25. The summed E-state index contributed by atoms with van der Waals surface area (Å²) >= 11 is 0. The number of para-hydroxylation sites is 2. The highest BCUT2D eigenvalue weighted by Crippen LogP contribution is 2.35. The van der Waals surface area contributed by atoms with E-state index in [9.17, 15) is 13.6 Å². The number of aromatic nitrogens is 1. The van der Waals surface area contributed by atoms with Crippen LogP contribution in [0.1, 0.15) is 31.7 Å². The third kappa shape index (κ3) is 4.19. The van der Waals surface area contributed by atoms with Gasteiger partial charge in [0.25, 0.3) is 0 Å². The van der Waals surface area contributed by atoms with Crippen LogP contribution in [0, 0.1) is 11.6 Å². The fraction of sp³-hybridized carbons (Fsp3) is 0.231. The lowest BCUT2D eigenvalue weighted by Gasteiger charge is -2.23. The number of halogens is 2. The summed E-state index contributed by atoms with van der Waals surface area (Å²) in [5.74, 6) is -0.738. The van der Waals surface area contributed by atoms with E-state index in [1.807, 2.05) is 25.1 Å². The van der Waals surface area contributed by atoms with Gasteiger partial charge in [0.05, 0.1) is 12.3 Å². The Morgan fingerprint density at radius 3 is 2.74 bits per heavy atom. The van der Waals surface area contributed by atoms with Crippen LogP contribution in [0.4, 0.5) is 19.3 Å². The van der Waals surface area contributed by atoms with Crippen LogP contribution < -0.4 is 10.1 Å². The molecule has 4 aromatic rings. The van der Waals surface area contributed by atoms with Gasteiger partial charge in [0, 0.05) is 6.54 Å². The smallest absolute Gasteiger partial charge is 0.322 e. The summed E-state index contributed by atoms with van der Waals surface area (Å²) in [7, 11) is 0. The van der Waals surface area contributed by atoms with E-state index >= 15 is 0 Å². The van der Waals surface area contributed by atoms with E-state index in [1.54, 1.807) is 29.2 Å². The fourth-order valence-electron chi connectivity index (χ4n) is 4.25. The van der Waals surface area contributed by atoms with Crippen molar-refractivity contribution >= 4 is 22.8 Å². The van der Waals surface area contributed by atoms with Crippen molar-refractivity contribution in [3.8, 4) is 16.9 Å². The van der Waals surface area contributed by atoms with Crippen LogP contribution in [0.15, 0.2) is 65.1 Å². The van der Waals surface area contributed by atoms with Gasteiger partial charge in [-0.1, -0.05) is 24.3 Å². The number of urea groups is 1. The first kappa shape index (κ1) is 21.9. The van der Waals surface area contributed by atoms with Crippen molar-refractivity contribution in [1.29, 1.82) is 0 Å². The highest BCUT2D eigenvalue weighted by atomic mass is 19.2. The average Bonchev–Trinajstić information content (AvgIpc) is 3.49. The number of rotatable bonds is 5. The molecule has 5 rings (SSSR count). The van der Waals surface area contributed by atoms with Gasteiger partial charge in [-0.15, -0.1) is 0 Å². The van der Waals surface area contributed by atoms with Gasteiger partial charge in [0.15, 0.2) is 17.2 Å². The van der Waals surface area contributed by atoms with Crippen LogP contribution in [0.5, 0.6) is 5.75 Å². The van der Waals surface area contributed by atoms with Gasteiger partial charge in [-0.05, 0) is 67.3 Å². The Morgan fingerprint density at radius 1 is 1.12 bits per heavy atom. The maximum Gasteiger partial charge on any atom is 0.322 e. The third-order valence-electron chi connectivity index (χ3n) is 5.88. The van der Waals surface area contributed by atoms with Gasteiger partial charge in [-0.2, -0.15) is 0 Å². The number of carbonyl (C=O) groups is 1. The molecule has 1 aromatic heterocycles. The second-order valence-electron chi connectivity index (χ2n) is 8.07. The van der Waals surface area contributed by atoms with E-state index in [-0.39, 0.29) is 12.1 Å². The molecule has 0 bridgehead atoms. The number of ether oxygens (including phenoxy) is 1. The Balaban J connectivity index is 1.39. The van der Waals surface area contributed by atoms with Crippen molar-refractivity contribution < 1.29 is 22.7 Å². The van der Waals surface area contributed by atoms with Crippen molar-refractivity contribution in [2.24, 2.45) is 0 Å². The number of benzene rings is 3. The Morgan fingerprint density at radius 2 is 1.91 bits per heavy atom. The highest BCUT2D eigenvalue weighted by Gasteiger charge is 2.34. The Kier molecular flexibility index (Phi) is 5.88. The molecule has 6 nitrogen and oxygen atoms in total. The molecule has 0 saturated carbocycles. The molecule has 2 amide bonds. The number of fused-ring (bicyclic) bond motifs is 1. The number of hydrogen-bond acceptors (Lipinski definition) is 4. The zero-order valence-corrected chi connectivity index (χ0v) is 18.6. The van der Waals surface area contributed by atoms with E-state index in [2.05, 4.69) is 10.3 Å². The zero-order valence-electron chi connectivity index (χ0n) is 18.6. The summed E-state index contributed by atoms with van der Waals surface area (Å²) in [4.78, 5) is 19.4. The lowest BCUT2D eigenvalue weighted by Crippen LogP contribution is -2.34. The molecule has 3 aromatic carbocycles. The van der Waals surface area contributed by atoms with Gasteiger partial charge in [-0.3, -0.25) is 0 Å². The zero-order chi connectivity index (χ0) is 23.7. The predicted octanol–water partition coefficient (Wildman–Crippen LogP) is 6.54. The second-order valence-corrected chi connectivity index (χ2v) is 8.07. The molecular weight excluding hydrogens is 440 g/mol. The molecule has 2 heterocycles. The average molecular weight is 463 g/mol. The maximum atomic E-state index is 13.7. The Labute approximate surface area is 195 Å². The number of carbonyl (C=O) groups excluding carboxylic acids is 1. The molecule has 1 aliphatic heterocycles. The quantitative estimate of drug-likeness (QED) is 0.365. The van der Waals surface area contributed by atoms with Gasteiger partial charge in [-0.25, -0.2) is 18.6 Å². The number of oxazole rings is 1. The normalized spacial score (nSPS) is 15.6. The van der Waals surface area contributed by atoms with Crippen molar-refractivity contribution in [3.05, 3.63) is 78.2 Å². The second kappa shape index (κ2) is 9.13. The van der Waals surface area contributed by atoms with E-state index in [4.69, 9.17) is 9.15 Å². The first-order valence-corrected chi connectivity index (χ1v) is 11.2. The summed E-state index contributed by atoms with van der Waals surface area (Å²) in [6, 6.07) is 15.8. The van der Waals surface area contributed by atoms with E-state index in [1.165, 1.54) is 6.07 Å². The third-order valence-corrected chi connectivity index (χ3v) is 5.88. The molecule has 0 unspecified atom stereocenters. The van der Waals surface area contributed by atoms with Crippen LogP contribution >= 0.6 is 0 Å². The highest BCUT2D eigenvalue weighted by molar-refractivity contribution is 5.91. The number of nitrogens with one attached hydrogen (secondary N) is 1. The minimum atomic E-state index is -0.906. The Bertz CT molecular complexity index is 1350. The van der Waals surface area contributed by atoms with Crippen molar-refractivity contribution in [1.82, 2.24) is 9.88 Å². The summed E-state index contributed by atoms with van der Waals surface area (Å²) in [5.41, 5.74) is 3.00. The van der Waals surface area contributed by atoms with E-state index < -0.39 is 11.6 Å². The minimum Gasteiger partial charge on any atom is -0.492 e. The standard InChI is InChI=1S/C26H23F2N3O3/c1-2-33-23-8-4-3-6-20(23)30-26(32)31-13-5-7-22(31)25-29-21-15-17(10-12-24(21)34-25)16-9-11-18(27)19(28)14-16/h3-4,6,8-12,14-15,22H,2,5,7,13H2,1H3,(H,30,32)/t22-/m1/s1. The molecule has 8 heteroatoms. The molecule has 1 saturated heterocycles. The first-order valence-electron chi connectivity index (χ1n) is 11.2. The predicted molar refractivity (Wildman–Crippen MR) is 125 cm³/mol. The summed E-state index contributed by atoms with van der Waals surface area (Å²) in [6.45, 7) is 2.96. The molecule has 1 N–H and O–H groups in total. The molecule has 174 valence electrons. The van der Waals surface area contributed by atoms with E-state index in [0.29, 0.717) is 52.7 Å². The van der Waals surface area contributed by atoms with Crippen LogP contribution in [0.3, 0.4) is 0 Å². The van der Waals surface area contributed by atoms with Crippen LogP contribution in [-0.2, 0) is 0 Å². The Hall–Kier alpha value is -3.94. The van der Waals surface area contributed by atoms with E-state index in [0.717, 1.165) is 25.0 Å². The summed E-state index contributed by atoms with van der Waals surface area (Å²) < 4.78 is 38.6.